The first-order chi connectivity index (χ1) is 10.1. The van der Waals surface area contributed by atoms with Gasteiger partial charge in [-0.05, 0) is 31.6 Å². The summed E-state index contributed by atoms with van der Waals surface area (Å²) in [6.07, 6.45) is 5.90. The Kier molecular flexibility index (Phi) is 5.07. The van der Waals surface area contributed by atoms with Crippen LogP contribution in [0.25, 0.3) is 0 Å². The van der Waals surface area contributed by atoms with Crippen molar-refractivity contribution in [2.45, 2.75) is 45.1 Å². The molecule has 114 valence electrons. The summed E-state index contributed by atoms with van der Waals surface area (Å²) in [7, 11) is 1.56. The van der Waals surface area contributed by atoms with Crippen molar-refractivity contribution in [1.82, 2.24) is 5.32 Å². The fourth-order valence-corrected chi connectivity index (χ4v) is 3.93. The van der Waals surface area contributed by atoms with Crippen LogP contribution in [-0.4, -0.2) is 19.0 Å². The maximum atomic E-state index is 11.8. The van der Waals surface area contributed by atoms with Gasteiger partial charge in [-0.25, -0.2) is 0 Å². The number of anilines is 2. The molecule has 1 fully saturated rings. The Morgan fingerprint density at radius 2 is 2.10 bits per heavy atom. The van der Waals surface area contributed by atoms with Crippen LogP contribution in [0.15, 0.2) is 0 Å². The second-order valence-electron chi connectivity index (χ2n) is 5.51. The van der Waals surface area contributed by atoms with Gasteiger partial charge in [0.15, 0.2) is 0 Å². The van der Waals surface area contributed by atoms with E-state index in [2.05, 4.69) is 23.6 Å². The lowest BCUT2D eigenvalue weighted by Gasteiger charge is -2.28. The molecule has 1 heterocycles. The molecular weight excluding hydrogens is 284 g/mol. The van der Waals surface area contributed by atoms with E-state index in [0.717, 1.165) is 23.8 Å². The number of nitrogen functional groups attached to an aromatic ring is 1. The summed E-state index contributed by atoms with van der Waals surface area (Å²) >= 11 is 1.27. The van der Waals surface area contributed by atoms with Gasteiger partial charge in [0.1, 0.15) is 21.5 Å². The third-order valence-corrected chi connectivity index (χ3v) is 5.39. The number of hydrogen-bond acceptors (Lipinski definition) is 5. The third-order valence-electron chi connectivity index (χ3n) is 4.25. The number of hydrogen-bond donors (Lipinski definition) is 3. The molecule has 0 unspecified atom stereocenters. The average Bonchev–Trinajstić information content (AvgIpc) is 2.83. The fourth-order valence-electron chi connectivity index (χ4n) is 2.84. The monoisotopic (exact) mass is 306 g/mol. The van der Waals surface area contributed by atoms with Crippen LogP contribution in [0.1, 0.15) is 54.3 Å². The van der Waals surface area contributed by atoms with Gasteiger partial charge in [-0.3, -0.25) is 4.79 Å². The first kappa shape index (κ1) is 15.6. The van der Waals surface area contributed by atoms with Crippen LogP contribution in [0.5, 0.6) is 0 Å². The lowest BCUT2D eigenvalue weighted by atomic mass is 9.84. The highest BCUT2D eigenvalue weighted by atomic mass is 32.1. The van der Waals surface area contributed by atoms with Gasteiger partial charge in [0.05, 0.1) is 5.69 Å². The zero-order valence-corrected chi connectivity index (χ0v) is 13.3. The van der Waals surface area contributed by atoms with Gasteiger partial charge in [-0.15, -0.1) is 11.3 Å². The molecule has 1 aromatic rings. The minimum absolute atomic E-state index is 0.239. The average molecular weight is 306 g/mol. The number of nitrogens with zero attached hydrogens (tertiary/aromatic N) is 1. The van der Waals surface area contributed by atoms with Crippen LogP contribution >= 0.6 is 11.3 Å². The maximum Gasteiger partial charge on any atom is 0.263 e. The Morgan fingerprint density at radius 1 is 1.43 bits per heavy atom. The predicted molar refractivity (Wildman–Crippen MR) is 86.5 cm³/mol. The minimum atomic E-state index is -0.239. The predicted octanol–water partition coefficient (Wildman–Crippen LogP) is 2.94. The Balaban J connectivity index is 2.13. The molecule has 0 saturated heterocycles. The van der Waals surface area contributed by atoms with Crippen molar-refractivity contribution in [2.75, 3.05) is 18.1 Å². The molecule has 0 atom stereocenters. The van der Waals surface area contributed by atoms with E-state index in [-0.39, 0.29) is 11.6 Å². The van der Waals surface area contributed by atoms with Crippen LogP contribution in [0.3, 0.4) is 0 Å². The van der Waals surface area contributed by atoms with E-state index < -0.39 is 0 Å². The largest absolute Gasteiger partial charge is 0.396 e. The Morgan fingerprint density at radius 3 is 2.62 bits per heavy atom. The van der Waals surface area contributed by atoms with E-state index in [4.69, 9.17) is 5.73 Å². The van der Waals surface area contributed by atoms with Crippen LogP contribution in [0.4, 0.5) is 10.7 Å². The molecule has 0 radical (unpaired) electrons. The molecule has 1 aromatic heterocycles. The molecular formula is C15H22N4OS. The van der Waals surface area contributed by atoms with Crippen LogP contribution < -0.4 is 16.4 Å². The molecule has 0 spiro atoms. The van der Waals surface area contributed by atoms with Gasteiger partial charge in [-0.2, -0.15) is 5.26 Å². The van der Waals surface area contributed by atoms with E-state index in [1.807, 2.05) is 0 Å². The highest BCUT2D eigenvalue weighted by Gasteiger charge is 2.24. The van der Waals surface area contributed by atoms with Crippen LogP contribution in [0, 0.1) is 17.2 Å². The summed E-state index contributed by atoms with van der Waals surface area (Å²) in [6.45, 7) is 2.24. The first-order valence-electron chi connectivity index (χ1n) is 7.41. The normalized spacial score (nSPS) is 21.6. The van der Waals surface area contributed by atoms with Gasteiger partial charge in [0.25, 0.3) is 5.91 Å². The van der Waals surface area contributed by atoms with Crippen molar-refractivity contribution in [3.8, 4) is 6.07 Å². The van der Waals surface area contributed by atoms with E-state index in [1.165, 1.54) is 30.6 Å². The summed E-state index contributed by atoms with van der Waals surface area (Å²) in [5.41, 5.74) is 6.61. The number of amides is 1. The fraction of sp³-hybridized carbons (Fsp3) is 0.600. The topological polar surface area (TPSA) is 90.9 Å². The number of rotatable bonds is 4. The minimum Gasteiger partial charge on any atom is -0.396 e. The van der Waals surface area contributed by atoms with E-state index in [9.17, 15) is 10.1 Å². The van der Waals surface area contributed by atoms with Crippen molar-refractivity contribution in [3.63, 3.8) is 0 Å². The number of nitriles is 1. The summed E-state index contributed by atoms with van der Waals surface area (Å²) in [4.78, 5) is 12.2. The Hall–Kier alpha value is -1.74. The Bertz CT molecular complexity index is 553. The van der Waals surface area contributed by atoms with Crippen molar-refractivity contribution < 1.29 is 4.79 Å². The summed E-state index contributed by atoms with van der Waals surface area (Å²) < 4.78 is 0. The lowest BCUT2D eigenvalue weighted by molar-refractivity contribution is 0.0968. The van der Waals surface area contributed by atoms with E-state index in [0.29, 0.717) is 16.5 Å². The molecule has 1 saturated carbocycles. The van der Waals surface area contributed by atoms with Gasteiger partial charge >= 0.3 is 0 Å². The van der Waals surface area contributed by atoms with Crippen molar-refractivity contribution >= 4 is 27.9 Å². The number of nitrogens with one attached hydrogen (secondary N) is 2. The number of thiophene rings is 1. The van der Waals surface area contributed by atoms with Gasteiger partial charge < -0.3 is 16.4 Å². The molecule has 21 heavy (non-hydrogen) atoms. The molecule has 0 bridgehead atoms. The molecule has 5 nitrogen and oxygen atoms in total. The van der Waals surface area contributed by atoms with Crippen molar-refractivity contribution in [1.29, 1.82) is 5.26 Å². The summed E-state index contributed by atoms with van der Waals surface area (Å²) in [5, 5.41) is 16.0. The first-order valence-corrected chi connectivity index (χ1v) is 8.23. The van der Waals surface area contributed by atoms with Crippen LogP contribution in [0.2, 0.25) is 0 Å². The van der Waals surface area contributed by atoms with Crippen molar-refractivity contribution in [2.24, 2.45) is 5.92 Å². The second-order valence-corrected chi connectivity index (χ2v) is 6.53. The molecule has 6 heteroatoms. The van der Waals surface area contributed by atoms with Gasteiger partial charge in [0.2, 0.25) is 0 Å². The van der Waals surface area contributed by atoms with E-state index >= 15 is 0 Å². The van der Waals surface area contributed by atoms with Crippen molar-refractivity contribution in [3.05, 3.63) is 10.4 Å². The van der Waals surface area contributed by atoms with Gasteiger partial charge in [0, 0.05) is 13.1 Å². The standard InChI is InChI=1S/C15H22N4OS/c1-3-9-4-6-10(7-5-9)19-15-11(8-16)12(17)13(21-15)14(20)18-2/h9-10,19H,3-7,17H2,1-2H3,(H,18,20). The molecule has 0 aromatic carbocycles. The number of carbonyl (C=O) groups excluding carboxylic acids is 1. The summed E-state index contributed by atoms with van der Waals surface area (Å²) in [5.74, 6) is 0.588. The molecule has 1 amide bonds. The van der Waals surface area contributed by atoms with Gasteiger partial charge in [-0.1, -0.05) is 13.3 Å². The lowest BCUT2D eigenvalue weighted by Crippen LogP contribution is -2.25. The summed E-state index contributed by atoms with van der Waals surface area (Å²) in [6, 6.07) is 2.49. The Labute approximate surface area is 129 Å². The highest BCUT2D eigenvalue weighted by Crippen LogP contribution is 2.37. The molecule has 2 rings (SSSR count). The molecule has 1 aliphatic carbocycles. The SMILES string of the molecule is CCC1CCC(Nc2sc(C(=O)NC)c(N)c2C#N)CC1. The van der Waals surface area contributed by atoms with Crippen LogP contribution in [-0.2, 0) is 0 Å². The zero-order valence-electron chi connectivity index (χ0n) is 12.5. The third kappa shape index (κ3) is 3.30. The second kappa shape index (κ2) is 6.81. The number of nitrogens with two attached hydrogens (primary N) is 1. The van der Waals surface area contributed by atoms with E-state index in [1.54, 1.807) is 7.05 Å². The quantitative estimate of drug-likeness (QED) is 0.797. The maximum absolute atomic E-state index is 11.8. The smallest absolute Gasteiger partial charge is 0.263 e. The molecule has 0 aliphatic heterocycles. The zero-order chi connectivity index (χ0) is 15.4. The number of carbonyl (C=O) groups is 1. The molecule has 4 N–H and O–H groups in total. The highest BCUT2D eigenvalue weighted by molar-refractivity contribution is 7.18. The molecule has 1 aliphatic rings.